The summed E-state index contributed by atoms with van der Waals surface area (Å²) < 4.78 is 31.7. The van der Waals surface area contributed by atoms with Gasteiger partial charge >= 0.3 is 6.09 Å². The second-order valence-corrected chi connectivity index (χ2v) is 9.04. The van der Waals surface area contributed by atoms with Gasteiger partial charge < -0.3 is 4.74 Å². The molecule has 1 aromatic rings. The smallest absolute Gasteiger partial charge is 0.426 e. The third-order valence-corrected chi connectivity index (χ3v) is 4.91. The Balaban J connectivity index is 2.18. The summed E-state index contributed by atoms with van der Waals surface area (Å²) in [4.78, 5) is 28.5. The third kappa shape index (κ3) is 5.19. The van der Waals surface area contributed by atoms with Gasteiger partial charge in [0.05, 0.1) is 4.90 Å². The number of nitrogens with one attached hydrogen (secondary N) is 3. The van der Waals surface area contributed by atoms with Gasteiger partial charge in [0.25, 0.3) is 15.9 Å². The summed E-state index contributed by atoms with van der Waals surface area (Å²) in [7, 11) is -3.70. The first-order chi connectivity index (χ1) is 12.4. The maximum atomic E-state index is 12.5. The van der Waals surface area contributed by atoms with Gasteiger partial charge in [-0.1, -0.05) is 26.0 Å². The number of carbonyl (C=O) groups excluding carboxylic acids is 2. The van der Waals surface area contributed by atoms with Crippen molar-refractivity contribution in [3.05, 3.63) is 29.8 Å². The summed E-state index contributed by atoms with van der Waals surface area (Å²) in [6.45, 7) is 8.61. The summed E-state index contributed by atoms with van der Waals surface area (Å²) in [6.07, 6.45) is -0.807. The van der Waals surface area contributed by atoms with E-state index < -0.39 is 33.7 Å². The molecule has 0 bridgehead atoms. The molecule has 1 unspecified atom stereocenters. The molecule has 0 fully saturated rings. The predicted molar refractivity (Wildman–Crippen MR) is 99.4 cm³/mol. The highest BCUT2D eigenvalue weighted by atomic mass is 32.2. The van der Waals surface area contributed by atoms with E-state index in [0.717, 1.165) is 0 Å². The lowest BCUT2D eigenvalue weighted by molar-refractivity contribution is -0.124. The van der Waals surface area contributed by atoms with Crippen molar-refractivity contribution in [2.45, 2.75) is 51.2 Å². The van der Waals surface area contributed by atoms with Crippen LogP contribution in [0.4, 0.5) is 4.79 Å². The van der Waals surface area contributed by atoms with E-state index in [4.69, 9.17) is 4.74 Å². The van der Waals surface area contributed by atoms with E-state index in [1.165, 1.54) is 6.07 Å². The van der Waals surface area contributed by atoms with Crippen LogP contribution in [0.2, 0.25) is 0 Å². The van der Waals surface area contributed by atoms with Crippen LogP contribution >= 0.6 is 0 Å². The molecule has 1 heterocycles. The Bertz CT molecular complexity index is 872. The number of benzene rings is 1. The molecule has 0 saturated heterocycles. The maximum absolute atomic E-state index is 12.5. The molecule has 1 aliphatic heterocycles. The highest BCUT2D eigenvalue weighted by molar-refractivity contribution is 7.90. The van der Waals surface area contributed by atoms with Crippen molar-refractivity contribution < 1.29 is 22.7 Å². The number of hydrogen-bond acceptors (Lipinski definition) is 6. The van der Waals surface area contributed by atoms with Crippen LogP contribution in [0, 0.1) is 5.92 Å². The third-order valence-electron chi connectivity index (χ3n) is 3.52. The van der Waals surface area contributed by atoms with E-state index >= 15 is 0 Å². The van der Waals surface area contributed by atoms with Crippen LogP contribution in [-0.2, 0) is 19.6 Å². The zero-order valence-electron chi connectivity index (χ0n) is 15.9. The number of aliphatic imine (C=N–C) groups is 1. The van der Waals surface area contributed by atoms with Crippen LogP contribution in [0.3, 0.4) is 0 Å². The number of fused-ring (bicyclic) bond motifs is 1. The predicted octanol–water partition coefficient (Wildman–Crippen LogP) is 1.31. The zero-order chi connectivity index (χ0) is 20.4. The second kappa shape index (κ2) is 7.55. The molecule has 2 rings (SSSR count). The molecular weight excluding hydrogens is 372 g/mol. The molecule has 148 valence electrons. The van der Waals surface area contributed by atoms with Crippen molar-refractivity contribution in [2.75, 3.05) is 0 Å². The largest absolute Gasteiger partial charge is 0.443 e. The molecule has 27 heavy (non-hydrogen) atoms. The van der Waals surface area contributed by atoms with E-state index in [9.17, 15) is 18.0 Å². The van der Waals surface area contributed by atoms with Crippen LogP contribution in [0.15, 0.2) is 34.2 Å². The minimum Gasteiger partial charge on any atom is -0.443 e. The molecule has 0 spiro atoms. The molecule has 3 N–H and O–H groups in total. The van der Waals surface area contributed by atoms with Crippen molar-refractivity contribution >= 4 is 27.9 Å². The lowest BCUT2D eigenvalue weighted by Gasteiger charge is -2.21. The Hall–Kier alpha value is -2.62. The standard InChI is InChI=1S/C17H24N4O5S/c1-10(2)13(15(22)19-20-16(23)26-17(3,4)5)18-14-11-8-6-7-9-12(11)27(24,25)21-14/h6-10,13H,1-5H3,(H,18,21)(H,19,22)(H,20,23). The summed E-state index contributed by atoms with van der Waals surface area (Å²) >= 11 is 0. The molecule has 0 aliphatic carbocycles. The Morgan fingerprint density at radius 3 is 2.37 bits per heavy atom. The highest BCUT2D eigenvalue weighted by Gasteiger charge is 2.32. The minimum absolute atomic E-state index is 0.0942. The number of amides is 2. The number of amidine groups is 1. The Morgan fingerprint density at radius 1 is 1.15 bits per heavy atom. The summed E-state index contributed by atoms with van der Waals surface area (Å²) in [6, 6.07) is 5.45. The van der Waals surface area contributed by atoms with Crippen molar-refractivity contribution in [3.8, 4) is 0 Å². The minimum atomic E-state index is -3.70. The van der Waals surface area contributed by atoms with Crippen molar-refractivity contribution in [1.29, 1.82) is 0 Å². The van der Waals surface area contributed by atoms with E-state index in [2.05, 4.69) is 20.6 Å². The molecule has 0 radical (unpaired) electrons. The SMILES string of the molecule is CC(C)C(N=C1NS(=O)(=O)c2ccccc21)C(=O)NNC(=O)OC(C)(C)C. The topological polar surface area (TPSA) is 126 Å². The fraction of sp³-hybridized carbons (Fsp3) is 0.471. The van der Waals surface area contributed by atoms with Gasteiger partial charge in [0.15, 0.2) is 0 Å². The molecule has 1 atom stereocenters. The van der Waals surface area contributed by atoms with E-state index in [1.54, 1.807) is 52.8 Å². The fourth-order valence-electron chi connectivity index (χ4n) is 2.37. The van der Waals surface area contributed by atoms with E-state index in [1.807, 2.05) is 0 Å². The molecule has 0 saturated carbocycles. The average Bonchev–Trinajstić information content (AvgIpc) is 2.80. The number of rotatable bonds is 3. The Labute approximate surface area is 158 Å². The quantitative estimate of drug-likeness (QED) is 0.664. The van der Waals surface area contributed by atoms with Crippen LogP contribution in [-0.4, -0.2) is 37.9 Å². The summed E-state index contributed by atoms with van der Waals surface area (Å²) in [5.74, 6) is -0.751. The number of carbonyl (C=O) groups is 2. The van der Waals surface area contributed by atoms with Gasteiger partial charge in [-0.2, -0.15) is 0 Å². The molecule has 10 heteroatoms. The van der Waals surface area contributed by atoms with Gasteiger partial charge in [-0.05, 0) is 38.8 Å². The summed E-state index contributed by atoms with van der Waals surface area (Å²) in [5.41, 5.74) is 4.11. The van der Waals surface area contributed by atoms with Crippen molar-refractivity contribution in [1.82, 2.24) is 15.6 Å². The number of hydrazine groups is 1. The maximum Gasteiger partial charge on any atom is 0.426 e. The molecular formula is C17H24N4O5S. The highest BCUT2D eigenvalue weighted by Crippen LogP contribution is 2.23. The molecule has 2 amide bonds. The number of hydrogen-bond donors (Lipinski definition) is 3. The normalized spacial score (nSPS) is 17.8. The molecule has 1 aromatic carbocycles. The molecule has 0 aromatic heterocycles. The van der Waals surface area contributed by atoms with Crippen molar-refractivity contribution in [3.63, 3.8) is 0 Å². The number of sulfonamides is 1. The summed E-state index contributed by atoms with van der Waals surface area (Å²) in [5, 5.41) is 0. The van der Waals surface area contributed by atoms with Gasteiger partial charge in [0.2, 0.25) is 0 Å². The van der Waals surface area contributed by atoms with Gasteiger partial charge in [-0.25, -0.2) is 18.6 Å². The van der Waals surface area contributed by atoms with Gasteiger partial charge in [0, 0.05) is 5.56 Å². The van der Waals surface area contributed by atoms with Crippen molar-refractivity contribution in [2.24, 2.45) is 10.9 Å². The second-order valence-electron chi connectivity index (χ2n) is 7.38. The molecule has 1 aliphatic rings. The Morgan fingerprint density at radius 2 is 1.78 bits per heavy atom. The first-order valence-electron chi connectivity index (χ1n) is 8.39. The van der Waals surface area contributed by atoms with Gasteiger partial charge in [0.1, 0.15) is 17.5 Å². The van der Waals surface area contributed by atoms with Crippen LogP contribution in [0.5, 0.6) is 0 Å². The zero-order valence-corrected chi connectivity index (χ0v) is 16.7. The average molecular weight is 396 g/mol. The number of ether oxygens (including phenoxy) is 1. The van der Waals surface area contributed by atoms with Crippen LogP contribution in [0.25, 0.3) is 0 Å². The van der Waals surface area contributed by atoms with Crippen LogP contribution in [0.1, 0.15) is 40.2 Å². The van der Waals surface area contributed by atoms with Crippen LogP contribution < -0.4 is 15.6 Å². The lowest BCUT2D eigenvalue weighted by Crippen LogP contribution is -2.49. The first kappa shape index (κ1) is 20.7. The molecule has 9 nitrogen and oxygen atoms in total. The first-order valence-corrected chi connectivity index (χ1v) is 9.88. The van der Waals surface area contributed by atoms with Gasteiger partial charge in [-0.15, -0.1) is 0 Å². The lowest BCUT2D eigenvalue weighted by atomic mass is 10.0. The Kier molecular flexibility index (Phi) is 5.79. The van der Waals surface area contributed by atoms with Gasteiger partial charge in [-0.3, -0.25) is 19.9 Å². The monoisotopic (exact) mass is 396 g/mol. The number of nitrogens with zero attached hydrogens (tertiary/aromatic N) is 1. The van der Waals surface area contributed by atoms with E-state index in [-0.39, 0.29) is 16.6 Å². The van der Waals surface area contributed by atoms with E-state index in [0.29, 0.717) is 5.56 Å². The fourth-order valence-corrected chi connectivity index (χ4v) is 3.61.